The van der Waals surface area contributed by atoms with Gasteiger partial charge in [-0.25, -0.2) is 0 Å². The summed E-state index contributed by atoms with van der Waals surface area (Å²) in [5.41, 5.74) is 16.5. The van der Waals surface area contributed by atoms with Gasteiger partial charge in [0.1, 0.15) is 0 Å². The summed E-state index contributed by atoms with van der Waals surface area (Å²) in [7, 11) is 1.68. The molecule has 1 heterocycles. The molecule has 0 unspecified atom stereocenters. The van der Waals surface area contributed by atoms with Gasteiger partial charge in [-0.3, -0.25) is 0 Å². The number of ether oxygens (including phenoxy) is 1. The van der Waals surface area contributed by atoms with Crippen molar-refractivity contribution in [2.45, 2.75) is 6.42 Å². The first kappa shape index (κ1) is 11.5. The Bertz CT molecular complexity index is 492. The van der Waals surface area contributed by atoms with Gasteiger partial charge in [0.2, 0.25) is 0 Å². The van der Waals surface area contributed by atoms with E-state index < -0.39 is 0 Å². The molecule has 0 fully saturated rings. The van der Waals surface area contributed by atoms with Crippen LogP contribution in [0.2, 0.25) is 0 Å². The summed E-state index contributed by atoms with van der Waals surface area (Å²) < 4.78 is 5.11. The summed E-state index contributed by atoms with van der Waals surface area (Å²) >= 11 is 0. The lowest BCUT2D eigenvalue weighted by Gasteiger charge is -2.12. The quantitative estimate of drug-likeness (QED) is 0.705. The Balaban J connectivity index is 2.47. The van der Waals surface area contributed by atoms with Crippen molar-refractivity contribution >= 4 is 11.4 Å². The van der Waals surface area contributed by atoms with Gasteiger partial charge in [-0.15, -0.1) is 0 Å². The molecule has 4 heteroatoms. The molecule has 0 aliphatic heterocycles. The van der Waals surface area contributed by atoms with Crippen LogP contribution >= 0.6 is 0 Å². The first-order chi connectivity index (χ1) is 8.22. The third-order valence-corrected chi connectivity index (χ3v) is 2.77. The Kier molecular flexibility index (Phi) is 3.35. The van der Waals surface area contributed by atoms with Crippen molar-refractivity contribution in [2.75, 3.05) is 25.2 Å². The first-order valence-corrected chi connectivity index (χ1v) is 5.52. The molecular weight excluding hydrogens is 214 g/mol. The van der Waals surface area contributed by atoms with Crippen LogP contribution in [0.5, 0.6) is 0 Å². The van der Waals surface area contributed by atoms with Gasteiger partial charge in [0.25, 0.3) is 0 Å². The van der Waals surface area contributed by atoms with Gasteiger partial charge in [-0.1, -0.05) is 0 Å². The number of hydrogen-bond acceptors (Lipinski definition) is 3. The van der Waals surface area contributed by atoms with Gasteiger partial charge < -0.3 is 21.2 Å². The average molecular weight is 231 g/mol. The zero-order valence-electron chi connectivity index (χ0n) is 9.86. The van der Waals surface area contributed by atoms with Crippen molar-refractivity contribution in [3.05, 3.63) is 36.2 Å². The predicted octanol–water partition coefficient (Wildman–Crippen LogP) is 2.04. The molecule has 1 aromatic carbocycles. The zero-order chi connectivity index (χ0) is 12.3. The van der Waals surface area contributed by atoms with Crippen LogP contribution in [0.4, 0.5) is 11.4 Å². The fourth-order valence-corrected chi connectivity index (χ4v) is 1.95. The van der Waals surface area contributed by atoms with Gasteiger partial charge >= 0.3 is 0 Å². The smallest absolute Gasteiger partial charge is 0.0503 e. The minimum atomic E-state index is 0.644. The Hall–Kier alpha value is -1.94. The fourth-order valence-electron chi connectivity index (χ4n) is 1.95. The molecule has 0 aliphatic rings. The zero-order valence-corrected chi connectivity index (χ0v) is 9.86. The molecule has 17 heavy (non-hydrogen) atoms. The number of anilines is 2. The standard InChI is InChI=1S/C13H17N3O/c1-17-5-3-11-12(9-2-4-16-8-9)6-10(14)7-13(11)15/h2,4,6-8,16H,3,5,14-15H2,1H3. The number of hydrogen-bond donors (Lipinski definition) is 3. The fraction of sp³-hybridized carbons (Fsp3) is 0.231. The molecule has 0 radical (unpaired) electrons. The van der Waals surface area contributed by atoms with Gasteiger partial charge in [0, 0.05) is 30.9 Å². The van der Waals surface area contributed by atoms with Gasteiger partial charge in [0.15, 0.2) is 0 Å². The maximum Gasteiger partial charge on any atom is 0.0503 e. The van der Waals surface area contributed by atoms with E-state index in [1.165, 1.54) is 0 Å². The minimum absolute atomic E-state index is 0.644. The van der Waals surface area contributed by atoms with Crippen LogP contribution in [0.25, 0.3) is 11.1 Å². The highest BCUT2D eigenvalue weighted by molar-refractivity contribution is 5.77. The number of methoxy groups -OCH3 is 1. The van der Waals surface area contributed by atoms with E-state index in [9.17, 15) is 0 Å². The highest BCUT2D eigenvalue weighted by Crippen LogP contribution is 2.30. The number of benzene rings is 1. The monoisotopic (exact) mass is 231 g/mol. The number of H-pyrrole nitrogens is 1. The van der Waals surface area contributed by atoms with Crippen LogP contribution in [-0.2, 0) is 11.2 Å². The molecule has 0 saturated carbocycles. The second kappa shape index (κ2) is 4.93. The lowest BCUT2D eigenvalue weighted by atomic mass is 9.97. The van der Waals surface area contributed by atoms with E-state index >= 15 is 0 Å². The first-order valence-electron chi connectivity index (χ1n) is 5.52. The highest BCUT2D eigenvalue weighted by atomic mass is 16.5. The second-order valence-corrected chi connectivity index (χ2v) is 3.98. The largest absolute Gasteiger partial charge is 0.399 e. The van der Waals surface area contributed by atoms with E-state index in [4.69, 9.17) is 16.2 Å². The van der Waals surface area contributed by atoms with Crippen molar-refractivity contribution in [3.63, 3.8) is 0 Å². The summed E-state index contributed by atoms with van der Waals surface area (Å²) in [5.74, 6) is 0. The summed E-state index contributed by atoms with van der Waals surface area (Å²) in [5, 5.41) is 0. The number of aromatic amines is 1. The molecule has 0 saturated heterocycles. The van der Waals surface area contributed by atoms with Crippen LogP contribution in [-0.4, -0.2) is 18.7 Å². The predicted molar refractivity (Wildman–Crippen MR) is 70.6 cm³/mol. The molecule has 2 rings (SSSR count). The Labute approximate surface area is 101 Å². The summed E-state index contributed by atoms with van der Waals surface area (Å²) in [4.78, 5) is 3.04. The molecule has 0 aliphatic carbocycles. The maximum atomic E-state index is 6.02. The van der Waals surface area contributed by atoms with E-state index in [-0.39, 0.29) is 0 Å². The average Bonchev–Trinajstić information content (AvgIpc) is 2.80. The molecule has 4 nitrogen and oxygen atoms in total. The molecule has 1 aromatic heterocycles. The van der Waals surface area contributed by atoms with Crippen LogP contribution in [0, 0.1) is 0 Å². The third kappa shape index (κ3) is 2.42. The molecule has 2 aromatic rings. The topological polar surface area (TPSA) is 77.1 Å². The van der Waals surface area contributed by atoms with Crippen LogP contribution in [0.1, 0.15) is 5.56 Å². The van der Waals surface area contributed by atoms with E-state index in [1.54, 1.807) is 13.2 Å². The second-order valence-electron chi connectivity index (χ2n) is 3.98. The van der Waals surface area contributed by atoms with Crippen molar-refractivity contribution in [1.29, 1.82) is 0 Å². The van der Waals surface area contributed by atoms with E-state index in [1.807, 2.05) is 24.5 Å². The molecule has 0 atom stereocenters. The minimum Gasteiger partial charge on any atom is -0.399 e. The van der Waals surface area contributed by atoms with Crippen LogP contribution in [0.3, 0.4) is 0 Å². The van der Waals surface area contributed by atoms with Crippen molar-refractivity contribution in [2.24, 2.45) is 0 Å². The van der Waals surface area contributed by atoms with Crippen molar-refractivity contribution < 1.29 is 4.74 Å². The Morgan fingerprint density at radius 2 is 2.12 bits per heavy atom. The SMILES string of the molecule is COCCc1c(N)cc(N)cc1-c1cc[nH]c1. The number of nitrogens with one attached hydrogen (secondary N) is 1. The molecule has 90 valence electrons. The van der Waals surface area contributed by atoms with Crippen molar-refractivity contribution in [3.8, 4) is 11.1 Å². The van der Waals surface area contributed by atoms with Gasteiger partial charge in [-0.2, -0.15) is 0 Å². The van der Waals surface area contributed by atoms with Gasteiger partial charge in [0.05, 0.1) is 6.61 Å². The summed E-state index contributed by atoms with van der Waals surface area (Å²) in [6.45, 7) is 0.644. The maximum absolute atomic E-state index is 6.02. The lowest BCUT2D eigenvalue weighted by Crippen LogP contribution is -2.03. The van der Waals surface area contributed by atoms with Crippen LogP contribution in [0.15, 0.2) is 30.6 Å². The van der Waals surface area contributed by atoms with Crippen LogP contribution < -0.4 is 11.5 Å². The third-order valence-electron chi connectivity index (χ3n) is 2.77. The molecule has 0 bridgehead atoms. The van der Waals surface area contributed by atoms with E-state index in [2.05, 4.69) is 4.98 Å². The summed E-state index contributed by atoms with van der Waals surface area (Å²) in [6, 6.07) is 5.75. The molecule has 5 N–H and O–H groups in total. The summed E-state index contributed by atoms with van der Waals surface area (Å²) in [6.07, 6.45) is 4.60. The van der Waals surface area contributed by atoms with E-state index in [0.29, 0.717) is 12.3 Å². The molecule has 0 spiro atoms. The van der Waals surface area contributed by atoms with Gasteiger partial charge in [-0.05, 0) is 41.3 Å². The number of nitrogen functional groups attached to an aromatic ring is 2. The normalized spacial score (nSPS) is 10.6. The number of nitrogens with two attached hydrogens (primary N) is 2. The Morgan fingerprint density at radius 3 is 2.76 bits per heavy atom. The molecule has 0 amide bonds. The number of aromatic nitrogens is 1. The Morgan fingerprint density at radius 1 is 1.29 bits per heavy atom. The number of rotatable bonds is 4. The highest BCUT2D eigenvalue weighted by Gasteiger charge is 2.10. The van der Waals surface area contributed by atoms with Crippen molar-refractivity contribution in [1.82, 2.24) is 4.98 Å². The molecular formula is C13H17N3O. The van der Waals surface area contributed by atoms with E-state index in [0.717, 1.165) is 28.8 Å². The lowest BCUT2D eigenvalue weighted by molar-refractivity contribution is 0.202.